The molecule has 32 heavy (non-hydrogen) atoms. The zero-order chi connectivity index (χ0) is 22.9. The van der Waals surface area contributed by atoms with Crippen molar-refractivity contribution in [3.8, 4) is 11.5 Å². The molecule has 0 amide bonds. The maximum absolute atomic E-state index is 13.1. The van der Waals surface area contributed by atoms with Crippen molar-refractivity contribution in [2.45, 2.75) is 20.0 Å². The molecule has 0 aliphatic rings. The van der Waals surface area contributed by atoms with Gasteiger partial charge in [-0.2, -0.15) is 0 Å². The second kappa shape index (κ2) is 11.1. The van der Waals surface area contributed by atoms with E-state index in [1.54, 1.807) is 19.2 Å². The van der Waals surface area contributed by atoms with E-state index in [0.717, 1.165) is 23.0 Å². The molecule has 0 bridgehead atoms. The van der Waals surface area contributed by atoms with Crippen molar-refractivity contribution in [1.82, 2.24) is 25.0 Å². The molecule has 170 valence electrons. The van der Waals surface area contributed by atoms with Crippen molar-refractivity contribution in [3.63, 3.8) is 0 Å². The molecule has 1 aromatic heterocycles. The third-order valence-electron chi connectivity index (χ3n) is 5.03. The highest BCUT2D eigenvalue weighted by Crippen LogP contribution is 2.13. The molecule has 0 aliphatic carbocycles. The molecule has 0 radical (unpaired) electrons. The molecule has 0 fully saturated rings. The maximum Gasteiger partial charge on any atom is 0.194 e. The maximum atomic E-state index is 13.1. The molecular formula is C23H29FN6O2. The van der Waals surface area contributed by atoms with Crippen LogP contribution in [0, 0.1) is 12.7 Å². The van der Waals surface area contributed by atoms with E-state index in [1.165, 1.54) is 12.1 Å². The van der Waals surface area contributed by atoms with Crippen LogP contribution in [0.15, 0.2) is 53.5 Å². The van der Waals surface area contributed by atoms with E-state index in [1.807, 2.05) is 54.8 Å². The first-order valence-corrected chi connectivity index (χ1v) is 10.3. The Hall–Kier alpha value is -3.62. The predicted octanol–water partition coefficient (Wildman–Crippen LogP) is 2.93. The summed E-state index contributed by atoms with van der Waals surface area (Å²) in [6, 6.07) is 13.8. The number of benzene rings is 2. The van der Waals surface area contributed by atoms with Crippen molar-refractivity contribution < 1.29 is 13.9 Å². The fraction of sp³-hybridized carbons (Fsp3) is 0.348. The van der Waals surface area contributed by atoms with Crippen LogP contribution in [0.1, 0.15) is 17.2 Å². The van der Waals surface area contributed by atoms with Gasteiger partial charge in [-0.15, -0.1) is 10.2 Å². The highest BCUT2D eigenvalue weighted by atomic mass is 19.1. The van der Waals surface area contributed by atoms with Crippen LogP contribution in [-0.4, -0.2) is 52.9 Å². The number of likely N-dealkylation sites (N-methyl/N-ethyl adjacent to an activating group) is 1. The zero-order valence-corrected chi connectivity index (χ0v) is 18.9. The first kappa shape index (κ1) is 23.1. The first-order valence-electron chi connectivity index (χ1n) is 10.3. The van der Waals surface area contributed by atoms with Crippen LogP contribution in [0.25, 0.3) is 0 Å². The van der Waals surface area contributed by atoms with E-state index < -0.39 is 0 Å². The second-order valence-electron chi connectivity index (χ2n) is 7.29. The molecule has 0 aliphatic heterocycles. The van der Waals surface area contributed by atoms with Crippen LogP contribution in [0.3, 0.4) is 0 Å². The van der Waals surface area contributed by atoms with Crippen molar-refractivity contribution in [3.05, 3.63) is 71.6 Å². The normalized spacial score (nSPS) is 11.3. The summed E-state index contributed by atoms with van der Waals surface area (Å²) in [7, 11) is 5.52. The Morgan fingerprint density at radius 1 is 1.09 bits per heavy atom. The Balaban J connectivity index is 1.64. The molecule has 0 saturated heterocycles. The predicted molar refractivity (Wildman–Crippen MR) is 121 cm³/mol. The van der Waals surface area contributed by atoms with Gasteiger partial charge in [0.1, 0.15) is 29.7 Å². The van der Waals surface area contributed by atoms with Crippen molar-refractivity contribution >= 4 is 5.96 Å². The average molecular weight is 441 g/mol. The van der Waals surface area contributed by atoms with Gasteiger partial charge in [-0.05, 0) is 48.9 Å². The van der Waals surface area contributed by atoms with E-state index in [-0.39, 0.29) is 5.82 Å². The van der Waals surface area contributed by atoms with Gasteiger partial charge in [0.05, 0.1) is 26.7 Å². The van der Waals surface area contributed by atoms with Crippen molar-refractivity contribution in [2.24, 2.45) is 12.0 Å². The van der Waals surface area contributed by atoms with Gasteiger partial charge in [-0.3, -0.25) is 0 Å². The van der Waals surface area contributed by atoms with Crippen LogP contribution in [-0.2, 0) is 20.1 Å². The summed E-state index contributed by atoms with van der Waals surface area (Å²) >= 11 is 0. The molecule has 2 aromatic carbocycles. The molecule has 3 aromatic rings. The van der Waals surface area contributed by atoms with Gasteiger partial charge in [-0.25, -0.2) is 9.38 Å². The lowest BCUT2D eigenvalue weighted by Gasteiger charge is -2.22. The van der Waals surface area contributed by atoms with E-state index in [0.29, 0.717) is 38.0 Å². The third kappa shape index (κ3) is 6.44. The van der Waals surface area contributed by atoms with Gasteiger partial charge in [-0.1, -0.05) is 12.1 Å². The fourth-order valence-electron chi connectivity index (χ4n) is 2.91. The summed E-state index contributed by atoms with van der Waals surface area (Å²) < 4.78 is 25.9. The third-order valence-corrected chi connectivity index (χ3v) is 5.03. The lowest BCUT2D eigenvalue weighted by molar-refractivity contribution is 0.280. The first-order chi connectivity index (χ1) is 15.5. The van der Waals surface area contributed by atoms with Crippen LogP contribution in [0.4, 0.5) is 4.39 Å². The van der Waals surface area contributed by atoms with Crippen LogP contribution in [0.5, 0.6) is 11.5 Å². The topological polar surface area (TPSA) is 76.8 Å². The highest BCUT2D eigenvalue weighted by Gasteiger charge is 2.10. The number of hydrogen-bond acceptors (Lipinski definition) is 5. The van der Waals surface area contributed by atoms with Gasteiger partial charge < -0.3 is 24.3 Å². The number of rotatable bonds is 9. The van der Waals surface area contributed by atoms with Crippen LogP contribution < -0.4 is 14.8 Å². The second-order valence-corrected chi connectivity index (χ2v) is 7.29. The lowest BCUT2D eigenvalue weighted by Crippen LogP contribution is -2.41. The number of methoxy groups -OCH3 is 1. The number of ether oxygens (including phenoxy) is 2. The van der Waals surface area contributed by atoms with Crippen LogP contribution >= 0.6 is 0 Å². The number of hydrogen-bond donors (Lipinski definition) is 1. The highest BCUT2D eigenvalue weighted by molar-refractivity contribution is 5.79. The Kier molecular flexibility index (Phi) is 8.02. The van der Waals surface area contributed by atoms with Gasteiger partial charge in [0.15, 0.2) is 11.8 Å². The molecule has 0 saturated carbocycles. The molecule has 9 heteroatoms. The Labute approximate surface area is 187 Å². The van der Waals surface area contributed by atoms with E-state index in [4.69, 9.17) is 14.5 Å². The van der Waals surface area contributed by atoms with Gasteiger partial charge >= 0.3 is 0 Å². The summed E-state index contributed by atoms with van der Waals surface area (Å²) in [5.41, 5.74) is 1.07. The minimum absolute atomic E-state index is 0.286. The summed E-state index contributed by atoms with van der Waals surface area (Å²) in [6.07, 6.45) is 0. The van der Waals surface area contributed by atoms with Crippen LogP contribution in [0.2, 0.25) is 0 Å². The fourth-order valence-corrected chi connectivity index (χ4v) is 2.91. The standard InChI is InChI=1S/C23H29FN6O2/c1-17-27-28-22(30(17)3)16-26-23(25-15-18-5-9-20(31-4)10-6-18)29(2)13-14-32-21-11-7-19(24)8-12-21/h5-12H,13-16H2,1-4H3,(H,25,26). The quantitative estimate of drug-likeness (QED) is 0.407. The smallest absolute Gasteiger partial charge is 0.194 e. The minimum atomic E-state index is -0.286. The average Bonchev–Trinajstić information content (AvgIpc) is 3.13. The molecule has 0 atom stereocenters. The lowest BCUT2D eigenvalue weighted by atomic mass is 10.2. The van der Waals surface area contributed by atoms with Gasteiger partial charge in [0.25, 0.3) is 0 Å². The summed E-state index contributed by atoms with van der Waals surface area (Å²) in [4.78, 5) is 6.75. The largest absolute Gasteiger partial charge is 0.497 e. The number of halogens is 1. The molecule has 0 spiro atoms. The number of guanidine groups is 1. The summed E-state index contributed by atoms with van der Waals surface area (Å²) in [6.45, 7) is 3.92. The van der Waals surface area contributed by atoms with E-state index in [9.17, 15) is 4.39 Å². The molecular weight excluding hydrogens is 411 g/mol. The van der Waals surface area contributed by atoms with Gasteiger partial charge in [0, 0.05) is 14.1 Å². The van der Waals surface area contributed by atoms with Gasteiger partial charge in [0.2, 0.25) is 0 Å². The molecule has 0 unspecified atom stereocenters. The number of aromatic nitrogens is 3. The minimum Gasteiger partial charge on any atom is -0.497 e. The summed E-state index contributed by atoms with van der Waals surface area (Å²) in [5, 5.41) is 11.7. The van der Waals surface area contributed by atoms with E-state index in [2.05, 4.69) is 15.5 Å². The van der Waals surface area contributed by atoms with Crippen molar-refractivity contribution in [1.29, 1.82) is 0 Å². The van der Waals surface area contributed by atoms with E-state index >= 15 is 0 Å². The molecule has 3 rings (SSSR count). The Morgan fingerprint density at radius 2 is 1.78 bits per heavy atom. The Morgan fingerprint density at radius 3 is 2.41 bits per heavy atom. The number of nitrogens with one attached hydrogen (secondary N) is 1. The monoisotopic (exact) mass is 440 g/mol. The summed E-state index contributed by atoms with van der Waals surface area (Å²) in [5.74, 6) is 3.52. The number of aryl methyl sites for hydroxylation is 1. The molecule has 1 N–H and O–H groups in total. The number of aliphatic imine (C=N–C) groups is 1. The number of nitrogens with zero attached hydrogens (tertiary/aromatic N) is 5. The zero-order valence-electron chi connectivity index (χ0n) is 18.9. The Bertz CT molecular complexity index is 1020. The molecule has 1 heterocycles. The van der Waals surface area contributed by atoms with Crippen molar-refractivity contribution in [2.75, 3.05) is 27.3 Å². The molecule has 8 nitrogen and oxygen atoms in total. The SMILES string of the molecule is COc1ccc(CN=C(NCc2nnc(C)n2C)N(C)CCOc2ccc(F)cc2)cc1.